The van der Waals surface area contributed by atoms with E-state index >= 15 is 0 Å². The Bertz CT molecular complexity index is 140. The van der Waals surface area contributed by atoms with Gasteiger partial charge in [0.2, 0.25) is 0 Å². The minimum absolute atomic E-state index is 0.0172. The quantitative estimate of drug-likeness (QED) is 0.655. The van der Waals surface area contributed by atoms with Gasteiger partial charge in [0.05, 0.1) is 5.92 Å². The maximum Gasteiger partial charge on any atom is 0.391 e. The van der Waals surface area contributed by atoms with E-state index in [1.165, 1.54) is 0 Å². The lowest BCUT2D eigenvalue weighted by Crippen LogP contribution is -2.28. The molecular weight excluding hydrogens is 189 g/mol. The lowest BCUT2D eigenvalue weighted by Gasteiger charge is -2.27. The van der Waals surface area contributed by atoms with Crippen LogP contribution in [0.5, 0.6) is 0 Å². The zero-order chi connectivity index (χ0) is 9.19. The van der Waals surface area contributed by atoms with Gasteiger partial charge in [-0.3, -0.25) is 0 Å². The van der Waals surface area contributed by atoms with Crippen molar-refractivity contribution in [2.45, 2.75) is 37.1 Å². The lowest BCUT2D eigenvalue weighted by atomic mass is 9.88. The Labute approximate surface area is 73.5 Å². The standard InChI is InChI=1S/C7H11F3OS/c8-7(9,10)5-1-3-6(12-11)4-2-5/h5-6,11H,1-4H2. The van der Waals surface area contributed by atoms with Crippen LogP contribution in [0.15, 0.2) is 0 Å². The minimum atomic E-state index is -4.04. The second-order valence-electron chi connectivity index (χ2n) is 3.12. The molecule has 0 aromatic carbocycles. The van der Waals surface area contributed by atoms with Crippen LogP contribution in [0.1, 0.15) is 25.7 Å². The van der Waals surface area contributed by atoms with E-state index in [0.717, 1.165) is 0 Å². The second-order valence-corrected chi connectivity index (χ2v) is 4.00. The molecule has 0 saturated heterocycles. The normalized spacial score (nSPS) is 32.0. The fourth-order valence-electron chi connectivity index (χ4n) is 1.50. The van der Waals surface area contributed by atoms with Crippen LogP contribution < -0.4 is 0 Å². The molecule has 0 heterocycles. The molecule has 1 fully saturated rings. The summed E-state index contributed by atoms with van der Waals surface area (Å²) in [6.07, 6.45) is -2.74. The van der Waals surface area contributed by atoms with Gasteiger partial charge in [-0.1, -0.05) is 0 Å². The van der Waals surface area contributed by atoms with Crippen molar-refractivity contribution >= 4 is 12.0 Å². The van der Waals surface area contributed by atoms with Gasteiger partial charge in [0.15, 0.2) is 0 Å². The van der Waals surface area contributed by atoms with Gasteiger partial charge in [-0.2, -0.15) is 13.2 Å². The van der Waals surface area contributed by atoms with E-state index in [2.05, 4.69) is 0 Å². The number of halogens is 3. The highest BCUT2D eigenvalue weighted by molar-refractivity contribution is 7.94. The average molecular weight is 200 g/mol. The van der Waals surface area contributed by atoms with E-state index < -0.39 is 12.1 Å². The molecule has 12 heavy (non-hydrogen) atoms. The minimum Gasteiger partial charge on any atom is -0.330 e. The van der Waals surface area contributed by atoms with Crippen LogP contribution in [0, 0.1) is 5.92 Å². The number of alkyl halides is 3. The van der Waals surface area contributed by atoms with Crippen LogP contribution in [0.25, 0.3) is 0 Å². The number of hydrogen-bond acceptors (Lipinski definition) is 2. The van der Waals surface area contributed by atoms with Crippen molar-refractivity contribution in [1.82, 2.24) is 0 Å². The van der Waals surface area contributed by atoms with E-state index in [1.54, 1.807) is 0 Å². The monoisotopic (exact) mass is 200 g/mol. The van der Waals surface area contributed by atoms with Gasteiger partial charge in [0.1, 0.15) is 0 Å². The Hall–Kier alpha value is 0.100. The van der Waals surface area contributed by atoms with Gasteiger partial charge in [-0.05, 0) is 37.7 Å². The van der Waals surface area contributed by atoms with Crippen molar-refractivity contribution in [2.24, 2.45) is 5.92 Å². The number of hydrogen-bond donors (Lipinski definition) is 1. The molecule has 1 aliphatic rings. The van der Waals surface area contributed by atoms with Crippen molar-refractivity contribution in [1.29, 1.82) is 0 Å². The zero-order valence-corrected chi connectivity index (χ0v) is 7.29. The van der Waals surface area contributed by atoms with Crippen molar-refractivity contribution in [2.75, 3.05) is 0 Å². The first-order valence-electron chi connectivity index (χ1n) is 3.91. The molecular formula is C7H11F3OS. The van der Waals surface area contributed by atoms with Gasteiger partial charge >= 0.3 is 6.18 Å². The van der Waals surface area contributed by atoms with Gasteiger partial charge in [-0.25, -0.2) is 0 Å². The molecule has 0 aliphatic heterocycles. The fraction of sp³-hybridized carbons (Fsp3) is 1.00. The maximum atomic E-state index is 12.1. The maximum absolute atomic E-state index is 12.1. The van der Waals surface area contributed by atoms with Crippen LogP contribution in [0.4, 0.5) is 13.2 Å². The Kier molecular flexibility index (Phi) is 3.29. The molecule has 0 aromatic heterocycles. The molecule has 72 valence electrons. The summed E-state index contributed by atoms with van der Waals surface area (Å²) in [4.78, 5) is 0. The fourth-order valence-corrected chi connectivity index (χ4v) is 1.98. The second kappa shape index (κ2) is 3.87. The molecule has 0 radical (unpaired) electrons. The third-order valence-electron chi connectivity index (χ3n) is 2.29. The topological polar surface area (TPSA) is 20.2 Å². The largest absolute Gasteiger partial charge is 0.391 e. The Balaban J connectivity index is 2.36. The molecule has 1 N–H and O–H groups in total. The van der Waals surface area contributed by atoms with E-state index in [-0.39, 0.29) is 18.1 Å². The summed E-state index contributed by atoms with van der Waals surface area (Å²) in [5.41, 5.74) is 0. The summed E-state index contributed by atoms with van der Waals surface area (Å²) < 4.78 is 44.9. The molecule has 0 bridgehead atoms. The summed E-state index contributed by atoms with van der Waals surface area (Å²) in [6, 6.07) is 0. The van der Waals surface area contributed by atoms with E-state index in [4.69, 9.17) is 4.55 Å². The summed E-state index contributed by atoms with van der Waals surface area (Å²) in [5, 5.41) is 0.0172. The molecule has 0 unspecified atom stereocenters. The predicted molar refractivity (Wildman–Crippen MR) is 42.0 cm³/mol. The third kappa shape index (κ3) is 2.55. The predicted octanol–water partition coefficient (Wildman–Crippen LogP) is 3.31. The van der Waals surface area contributed by atoms with Crippen LogP contribution in [0.3, 0.4) is 0 Å². The molecule has 0 atom stereocenters. The highest BCUT2D eigenvalue weighted by Crippen LogP contribution is 2.39. The lowest BCUT2D eigenvalue weighted by molar-refractivity contribution is -0.181. The smallest absolute Gasteiger partial charge is 0.330 e. The molecule has 5 heteroatoms. The van der Waals surface area contributed by atoms with Gasteiger partial charge in [0.25, 0.3) is 0 Å². The summed E-state index contributed by atoms with van der Waals surface area (Å²) >= 11 is 0.691. The van der Waals surface area contributed by atoms with Crippen molar-refractivity contribution < 1.29 is 17.7 Å². The highest BCUT2D eigenvalue weighted by atomic mass is 32.2. The van der Waals surface area contributed by atoms with Gasteiger partial charge in [-0.15, -0.1) is 0 Å². The first-order chi connectivity index (χ1) is 5.54. The average Bonchev–Trinajstić information content (AvgIpc) is 2.03. The van der Waals surface area contributed by atoms with Crippen molar-refractivity contribution in [3.8, 4) is 0 Å². The summed E-state index contributed by atoms with van der Waals surface area (Å²) in [5.74, 6) is -1.14. The highest BCUT2D eigenvalue weighted by Gasteiger charge is 2.41. The molecule has 1 rings (SSSR count). The van der Waals surface area contributed by atoms with Crippen molar-refractivity contribution in [3.63, 3.8) is 0 Å². The van der Waals surface area contributed by atoms with E-state index in [9.17, 15) is 13.2 Å². The van der Waals surface area contributed by atoms with E-state index in [0.29, 0.717) is 24.9 Å². The SMILES string of the molecule is OSC1CCC(C(F)(F)F)CC1. The first kappa shape index (κ1) is 10.2. The molecule has 0 spiro atoms. The van der Waals surface area contributed by atoms with Gasteiger partial charge < -0.3 is 4.55 Å². The Morgan fingerprint density at radius 1 is 1.08 bits per heavy atom. The molecule has 1 saturated carbocycles. The van der Waals surface area contributed by atoms with Gasteiger partial charge in [0, 0.05) is 5.25 Å². The van der Waals surface area contributed by atoms with Crippen LogP contribution in [-0.4, -0.2) is 16.0 Å². The summed E-state index contributed by atoms with van der Waals surface area (Å²) in [6.45, 7) is 0. The summed E-state index contributed by atoms with van der Waals surface area (Å²) in [7, 11) is 0. The van der Waals surface area contributed by atoms with Crippen molar-refractivity contribution in [3.05, 3.63) is 0 Å². The Morgan fingerprint density at radius 2 is 1.58 bits per heavy atom. The zero-order valence-electron chi connectivity index (χ0n) is 6.47. The van der Waals surface area contributed by atoms with Crippen LogP contribution in [-0.2, 0) is 0 Å². The molecule has 0 aromatic rings. The third-order valence-corrected chi connectivity index (χ3v) is 3.06. The van der Waals surface area contributed by atoms with Crippen LogP contribution >= 0.6 is 12.0 Å². The number of rotatable bonds is 1. The van der Waals surface area contributed by atoms with Crippen LogP contribution in [0.2, 0.25) is 0 Å². The molecule has 0 amide bonds. The van der Waals surface area contributed by atoms with E-state index in [1.807, 2.05) is 0 Å². The first-order valence-corrected chi connectivity index (χ1v) is 4.74. The molecule has 1 aliphatic carbocycles. The Morgan fingerprint density at radius 3 is 1.92 bits per heavy atom. The molecule has 1 nitrogen and oxygen atoms in total.